The Hall–Kier alpha value is -7.55. The summed E-state index contributed by atoms with van der Waals surface area (Å²) in [6, 6.07) is 16.0. The summed E-state index contributed by atoms with van der Waals surface area (Å²) in [4.78, 5) is 86.9. The molecule has 4 atom stereocenters. The third-order valence-corrected chi connectivity index (χ3v) is 16.4. The molecule has 22 nitrogen and oxygen atoms in total. The number of anilines is 3. The average molecular weight is 1210 g/mol. The van der Waals surface area contributed by atoms with Crippen LogP contribution in [0.2, 0.25) is 0 Å². The predicted molar refractivity (Wildman–Crippen MR) is 318 cm³/mol. The van der Waals surface area contributed by atoms with E-state index in [-0.39, 0.29) is 93.8 Å². The first-order valence-corrected chi connectivity index (χ1v) is 30.1. The number of aliphatic hydroxyl groups is 1. The quantitative estimate of drug-likeness (QED) is 0.0346. The van der Waals surface area contributed by atoms with Crippen molar-refractivity contribution in [3.63, 3.8) is 0 Å². The molecule has 5 amide bonds. The molecule has 3 aliphatic heterocycles. The molecule has 86 heavy (non-hydrogen) atoms. The maximum absolute atomic E-state index is 14.8. The number of piperidine rings is 1. The Morgan fingerprint density at radius 1 is 0.837 bits per heavy atom. The number of carbonyl (C=O) groups excluding carboxylic acids is 5. The lowest BCUT2D eigenvalue weighted by Gasteiger charge is -2.35. The minimum Gasteiger partial charge on any atom is -0.391 e. The molecular weight excluding hydrogens is 1130 g/mol. The van der Waals surface area contributed by atoms with E-state index in [1.165, 1.54) is 21.7 Å². The highest BCUT2D eigenvalue weighted by atomic mass is 32.1. The number of aromatic nitrogens is 5. The van der Waals surface area contributed by atoms with Crippen LogP contribution < -0.4 is 26.2 Å². The second-order valence-electron chi connectivity index (χ2n) is 22.7. The zero-order chi connectivity index (χ0) is 60.7. The first-order valence-electron chi connectivity index (χ1n) is 29.2. The van der Waals surface area contributed by atoms with Gasteiger partial charge in [0.2, 0.25) is 23.6 Å². The molecule has 4 aromatic heterocycles. The Morgan fingerprint density at radius 3 is 2.24 bits per heavy atom. The van der Waals surface area contributed by atoms with Crippen LogP contribution >= 0.6 is 11.3 Å². The molecule has 3 saturated heterocycles. The Morgan fingerprint density at radius 2 is 1.55 bits per heavy atom. The fourth-order valence-electron chi connectivity index (χ4n) is 10.8. The Labute approximate surface area is 502 Å². The summed E-state index contributed by atoms with van der Waals surface area (Å²) in [6.45, 7) is 11.6. The molecule has 2 aromatic carbocycles. The summed E-state index contributed by atoms with van der Waals surface area (Å²) in [5, 5.41) is 27.0. The number of likely N-dealkylation sites (tertiary alicyclic amines) is 2. The van der Waals surface area contributed by atoms with E-state index in [0.29, 0.717) is 88.3 Å². The maximum atomic E-state index is 14.8. The summed E-state index contributed by atoms with van der Waals surface area (Å²) in [5.74, 6) is -1.55. The number of carbonyl (C=O) groups is 5. The normalized spacial score (nSPS) is 17.7. The third-order valence-electron chi connectivity index (χ3n) is 15.4. The summed E-state index contributed by atoms with van der Waals surface area (Å²) in [6.07, 6.45) is 5.46. The standard InChI is InChI=1S/C61H76F2N12O10S/c1-39-55(86-38-65-39)41-12-10-40(11-13-41)35-64-59(80)50-34-44(76)37-74(50)60(81)56(61(2,3)4)71-53(77)19-25-82-27-29-84-31-32-85-30-28-83-26-20-54(78)72-22-16-43(17-23-72)67-51-9-5-7-47(68-51)58(79)69-48-36-66-75-24-18-52(70-57(48)75)73-21-6-8-49(73)45-33-42(62)14-15-46(45)63/h5,7,9-15,18,24,33,36,38,43-44,49-50,56,76H,6,8,16-17,19-23,25-32,34-35,37H2,1-4H3,(H,64,80)(H,67,68)(H,69,79)(H,71,77)/t44-,49-,50+,56-/m1/s1. The zero-order valence-corrected chi connectivity index (χ0v) is 49.8. The van der Waals surface area contributed by atoms with E-state index < -0.39 is 53.1 Å². The van der Waals surface area contributed by atoms with Crippen molar-refractivity contribution in [2.24, 2.45) is 5.41 Å². The van der Waals surface area contributed by atoms with E-state index in [2.05, 4.69) is 36.3 Å². The van der Waals surface area contributed by atoms with Crippen molar-refractivity contribution in [2.45, 2.75) is 109 Å². The number of aryl methyl sites for hydroxylation is 1. The molecule has 0 unspecified atom stereocenters. The number of pyridine rings is 1. The van der Waals surface area contributed by atoms with Crippen LogP contribution in [0, 0.1) is 24.0 Å². The number of nitrogens with zero attached hydrogens (tertiary/aromatic N) is 8. The van der Waals surface area contributed by atoms with E-state index >= 15 is 0 Å². The van der Waals surface area contributed by atoms with Crippen LogP contribution in [-0.2, 0) is 44.7 Å². The number of nitrogens with one attached hydrogen (secondary N) is 4. The van der Waals surface area contributed by atoms with Crippen molar-refractivity contribution in [3.05, 3.63) is 119 Å². The van der Waals surface area contributed by atoms with E-state index in [0.717, 1.165) is 40.3 Å². The number of amides is 5. The number of hydrogen-bond donors (Lipinski definition) is 5. The largest absolute Gasteiger partial charge is 0.391 e. The first kappa shape index (κ1) is 63.0. The molecule has 3 aliphatic rings. The van der Waals surface area contributed by atoms with E-state index in [9.17, 15) is 37.9 Å². The molecule has 3 fully saturated rings. The minimum atomic E-state index is -0.951. The lowest BCUT2D eigenvalue weighted by Crippen LogP contribution is -2.57. The van der Waals surface area contributed by atoms with Crippen LogP contribution in [0.4, 0.5) is 26.1 Å². The number of halogens is 2. The summed E-state index contributed by atoms with van der Waals surface area (Å²) in [5.41, 5.74) is 5.20. The van der Waals surface area contributed by atoms with Gasteiger partial charge in [0.15, 0.2) is 5.65 Å². The lowest BCUT2D eigenvalue weighted by atomic mass is 9.85. The molecule has 460 valence electrons. The molecule has 25 heteroatoms. The average Bonchev–Trinajstić information content (AvgIpc) is 3.13. The number of benzene rings is 2. The number of β-amino-alcohol motifs (C(OH)–C–C–N with tert-alkyl or cyclic N) is 1. The summed E-state index contributed by atoms with van der Waals surface area (Å²) >= 11 is 1.57. The minimum absolute atomic E-state index is 0.00275. The van der Waals surface area contributed by atoms with Gasteiger partial charge in [-0.2, -0.15) is 5.10 Å². The Kier molecular flexibility index (Phi) is 21.7. The monoisotopic (exact) mass is 1210 g/mol. The van der Waals surface area contributed by atoms with Crippen molar-refractivity contribution in [3.8, 4) is 10.4 Å². The van der Waals surface area contributed by atoms with Gasteiger partial charge < -0.3 is 60.0 Å². The SMILES string of the molecule is Cc1ncsc1-c1ccc(CNC(=O)[C@@H]2C[C@@H](O)CN2C(=O)[C@@H](NC(=O)CCOCCOCCOCCOCCC(=O)N2CCC(Nc3cccc(C(=O)Nc4cnn5ccc(N6CCC[C@@H]6c6cc(F)ccc6F)nc45)n3)CC2)C(C)(C)C)cc1. The topological polar surface area (TPSA) is 256 Å². The van der Waals surface area contributed by atoms with E-state index in [1.54, 1.807) is 47.3 Å². The number of hydrogen-bond acceptors (Lipinski definition) is 17. The van der Waals surface area contributed by atoms with Crippen LogP contribution in [0.1, 0.15) is 99.1 Å². The summed E-state index contributed by atoms with van der Waals surface area (Å²) in [7, 11) is 0. The van der Waals surface area contributed by atoms with Crippen LogP contribution in [0.15, 0.2) is 84.6 Å². The van der Waals surface area contributed by atoms with Crippen molar-refractivity contribution in [1.82, 2.24) is 45.0 Å². The highest BCUT2D eigenvalue weighted by Gasteiger charge is 2.44. The number of rotatable bonds is 27. The molecule has 0 bridgehead atoms. The molecule has 0 spiro atoms. The molecule has 0 aliphatic carbocycles. The third kappa shape index (κ3) is 16.7. The van der Waals surface area contributed by atoms with Crippen LogP contribution in [0.3, 0.4) is 0 Å². The van der Waals surface area contributed by atoms with Gasteiger partial charge in [0, 0.05) is 63.4 Å². The van der Waals surface area contributed by atoms with Gasteiger partial charge in [-0.3, -0.25) is 24.0 Å². The molecule has 9 rings (SSSR count). The summed E-state index contributed by atoms with van der Waals surface area (Å²) < 4.78 is 52.9. The number of ether oxygens (including phenoxy) is 4. The van der Waals surface area contributed by atoms with Crippen LogP contribution in [0.5, 0.6) is 0 Å². The van der Waals surface area contributed by atoms with Crippen molar-refractivity contribution >= 4 is 63.8 Å². The smallest absolute Gasteiger partial charge is 0.274 e. The van der Waals surface area contributed by atoms with Crippen molar-refractivity contribution in [1.29, 1.82) is 0 Å². The van der Waals surface area contributed by atoms with Gasteiger partial charge in [-0.25, -0.2) is 28.2 Å². The van der Waals surface area contributed by atoms with E-state index in [4.69, 9.17) is 23.9 Å². The molecule has 0 radical (unpaired) electrons. The highest BCUT2D eigenvalue weighted by molar-refractivity contribution is 7.13. The lowest BCUT2D eigenvalue weighted by molar-refractivity contribution is -0.144. The fraction of sp³-hybridized carbons (Fsp3) is 0.492. The van der Waals surface area contributed by atoms with Crippen molar-refractivity contribution in [2.75, 3.05) is 94.6 Å². The van der Waals surface area contributed by atoms with Gasteiger partial charge in [0.1, 0.15) is 46.7 Å². The zero-order valence-electron chi connectivity index (χ0n) is 49.0. The van der Waals surface area contributed by atoms with Crippen LogP contribution in [0.25, 0.3) is 16.1 Å². The van der Waals surface area contributed by atoms with Gasteiger partial charge in [0.05, 0.1) is 93.7 Å². The Balaban J connectivity index is 0.594. The fourth-order valence-corrected chi connectivity index (χ4v) is 11.6. The van der Waals surface area contributed by atoms with Crippen LogP contribution in [-0.4, -0.2) is 172 Å². The van der Waals surface area contributed by atoms with Gasteiger partial charge >= 0.3 is 0 Å². The molecule has 6 aromatic rings. The van der Waals surface area contributed by atoms with Gasteiger partial charge in [0.25, 0.3) is 5.91 Å². The highest BCUT2D eigenvalue weighted by Crippen LogP contribution is 2.37. The van der Waals surface area contributed by atoms with Gasteiger partial charge in [-0.1, -0.05) is 51.1 Å². The van der Waals surface area contributed by atoms with Gasteiger partial charge in [-0.05, 0) is 85.5 Å². The predicted octanol–water partition coefficient (Wildman–Crippen LogP) is 6.49. The number of fused-ring (bicyclic) bond motifs is 1. The second kappa shape index (κ2) is 29.7. The van der Waals surface area contributed by atoms with E-state index in [1.807, 2.05) is 61.8 Å². The molecule has 5 N–H and O–H groups in total. The number of aliphatic hydroxyl groups excluding tert-OH is 1. The van der Waals surface area contributed by atoms with Crippen molar-refractivity contribution < 1.29 is 56.8 Å². The molecule has 0 saturated carbocycles. The molecular formula is C61H76F2N12O10S. The Bertz CT molecular complexity index is 3280. The molecule has 7 heterocycles. The maximum Gasteiger partial charge on any atom is 0.274 e. The second-order valence-corrected chi connectivity index (χ2v) is 23.5. The van der Waals surface area contributed by atoms with Gasteiger partial charge in [-0.15, -0.1) is 11.3 Å². The first-order chi connectivity index (χ1) is 41.5. The number of thiazole rings is 1.